The van der Waals surface area contributed by atoms with Gasteiger partial charge in [-0.05, 0) is 37.1 Å². The van der Waals surface area contributed by atoms with E-state index in [-0.39, 0.29) is 35.8 Å². The average molecular weight is 521 g/mol. The highest BCUT2D eigenvalue weighted by Crippen LogP contribution is 2.31. The van der Waals surface area contributed by atoms with Gasteiger partial charge in [-0.2, -0.15) is 0 Å². The van der Waals surface area contributed by atoms with E-state index < -0.39 is 0 Å². The molecule has 3 rings (SSSR count). The highest BCUT2D eigenvalue weighted by Gasteiger charge is 2.24. The largest absolute Gasteiger partial charge is 0.375 e. The van der Waals surface area contributed by atoms with Crippen LogP contribution in [0.4, 0.5) is 11.4 Å². The molecule has 1 aliphatic heterocycles. The zero-order valence-corrected chi connectivity index (χ0v) is 20.1. The number of anilines is 2. The molecule has 7 heteroatoms. The topological polar surface area (TPSA) is 68.8 Å². The van der Waals surface area contributed by atoms with Gasteiger partial charge in [-0.15, -0.1) is 24.0 Å². The summed E-state index contributed by atoms with van der Waals surface area (Å²) < 4.78 is 0. The van der Waals surface area contributed by atoms with Crippen molar-refractivity contribution in [2.75, 3.05) is 43.4 Å². The van der Waals surface area contributed by atoms with Gasteiger partial charge in [0.1, 0.15) is 0 Å². The van der Waals surface area contributed by atoms with Gasteiger partial charge in [0.15, 0.2) is 5.96 Å². The van der Waals surface area contributed by atoms with Gasteiger partial charge >= 0.3 is 0 Å². The maximum atomic E-state index is 12.0. The molecule has 0 radical (unpaired) electrons. The van der Waals surface area contributed by atoms with Gasteiger partial charge in [0.05, 0.1) is 6.54 Å². The van der Waals surface area contributed by atoms with Gasteiger partial charge in [-0.25, -0.2) is 0 Å². The Hall–Kier alpha value is -2.29. The summed E-state index contributed by atoms with van der Waals surface area (Å²) in [5.41, 5.74) is 3.30. The number of carbonyl (C=O) groups is 1. The molecule has 30 heavy (non-hydrogen) atoms. The molecule has 1 amide bonds. The number of para-hydroxylation sites is 2. The Bertz CT molecular complexity index is 827. The standard InChI is InChI=1S/C23H31N5O.HI/c1-3-24-23(25-14-9-15-28(2)19-10-5-4-6-11-19)26-17-18-16-22(29)27-21-13-8-7-12-20(18)21;/h4-8,10-13,18H,3,9,14-17H2,1-2H3,(H,27,29)(H2,24,25,26);1H. The molecule has 0 saturated heterocycles. The summed E-state index contributed by atoms with van der Waals surface area (Å²) >= 11 is 0. The van der Waals surface area contributed by atoms with E-state index in [0.717, 1.165) is 43.3 Å². The summed E-state index contributed by atoms with van der Waals surface area (Å²) in [5, 5.41) is 9.66. The summed E-state index contributed by atoms with van der Waals surface area (Å²) in [6.07, 6.45) is 1.48. The first-order chi connectivity index (χ1) is 14.2. The number of hydrogen-bond acceptors (Lipinski definition) is 3. The SMILES string of the molecule is CCNC(=NCC1CC(=O)Nc2ccccc21)NCCCN(C)c1ccccc1.I. The van der Waals surface area contributed by atoms with Crippen LogP contribution in [0.3, 0.4) is 0 Å². The van der Waals surface area contributed by atoms with E-state index in [0.29, 0.717) is 13.0 Å². The zero-order chi connectivity index (χ0) is 20.5. The van der Waals surface area contributed by atoms with Crippen LogP contribution in [0.2, 0.25) is 0 Å². The Balaban J connectivity index is 0.00000320. The minimum atomic E-state index is 0. The molecule has 2 aromatic rings. The third-order valence-corrected chi connectivity index (χ3v) is 5.08. The summed E-state index contributed by atoms with van der Waals surface area (Å²) in [6.45, 7) is 5.25. The van der Waals surface area contributed by atoms with E-state index in [1.165, 1.54) is 5.69 Å². The number of nitrogens with zero attached hydrogens (tertiary/aromatic N) is 2. The lowest BCUT2D eigenvalue weighted by molar-refractivity contribution is -0.116. The number of carbonyl (C=O) groups excluding carboxylic acids is 1. The maximum absolute atomic E-state index is 12.0. The van der Waals surface area contributed by atoms with E-state index in [1.54, 1.807) is 0 Å². The average Bonchev–Trinajstić information content (AvgIpc) is 2.75. The van der Waals surface area contributed by atoms with Crippen molar-refractivity contribution in [3.63, 3.8) is 0 Å². The fourth-order valence-corrected chi connectivity index (χ4v) is 3.54. The molecule has 2 aromatic carbocycles. The molecule has 0 aliphatic carbocycles. The number of hydrogen-bond donors (Lipinski definition) is 3. The van der Waals surface area contributed by atoms with Crippen molar-refractivity contribution in [1.29, 1.82) is 0 Å². The molecule has 3 N–H and O–H groups in total. The van der Waals surface area contributed by atoms with Crippen molar-refractivity contribution < 1.29 is 4.79 Å². The molecule has 1 unspecified atom stereocenters. The number of amides is 1. The fourth-order valence-electron chi connectivity index (χ4n) is 3.54. The molecule has 0 aromatic heterocycles. The Morgan fingerprint density at radius 3 is 2.63 bits per heavy atom. The minimum Gasteiger partial charge on any atom is -0.375 e. The molecule has 162 valence electrons. The van der Waals surface area contributed by atoms with Crippen molar-refractivity contribution in [3.8, 4) is 0 Å². The predicted molar refractivity (Wildman–Crippen MR) is 136 cm³/mol. The zero-order valence-electron chi connectivity index (χ0n) is 17.7. The lowest BCUT2D eigenvalue weighted by atomic mass is 9.91. The van der Waals surface area contributed by atoms with E-state index >= 15 is 0 Å². The van der Waals surface area contributed by atoms with Crippen LogP contribution in [0.25, 0.3) is 0 Å². The summed E-state index contributed by atoms with van der Waals surface area (Å²) in [6, 6.07) is 18.4. The molecule has 1 atom stereocenters. The van der Waals surface area contributed by atoms with Crippen LogP contribution in [0.5, 0.6) is 0 Å². The van der Waals surface area contributed by atoms with Crippen molar-refractivity contribution >= 4 is 47.2 Å². The molecule has 0 bridgehead atoms. The van der Waals surface area contributed by atoms with E-state index in [2.05, 4.69) is 65.2 Å². The molecule has 0 fully saturated rings. The fraction of sp³-hybridized carbons (Fsp3) is 0.391. The second-order valence-electron chi connectivity index (χ2n) is 7.29. The van der Waals surface area contributed by atoms with Gasteiger partial charge in [-0.3, -0.25) is 9.79 Å². The van der Waals surface area contributed by atoms with Crippen molar-refractivity contribution in [2.24, 2.45) is 4.99 Å². The van der Waals surface area contributed by atoms with Gasteiger partial charge < -0.3 is 20.9 Å². The number of nitrogens with one attached hydrogen (secondary N) is 3. The summed E-state index contributed by atoms with van der Waals surface area (Å²) in [4.78, 5) is 19.0. The van der Waals surface area contributed by atoms with Gasteiger partial charge in [0.2, 0.25) is 5.91 Å². The second kappa shape index (κ2) is 12.4. The van der Waals surface area contributed by atoms with Crippen LogP contribution in [0.1, 0.15) is 31.2 Å². The highest BCUT2D eigenvalue weighted by molar-refractivity contribution is 14.0. The lowest BCUT2D eigenvalue weighted by Gasteiger charge is -2.24. The lowest BCUT2D eigenvalue weighted by Crippen LogP contribution is -2.39. The first kappa shape index (κ1) is 24.0. The third-order valence-electron chi connectivity index (χ3n) is 5.08. The van der Waals surface area contributed by atoms with Crippen LogP contribution in [-0.2, 0) is 4.79 Å². The maximum Gasteiger partial charge on any atom is 0.225 e. The Labute approximate surface area is 196 Å². The molecular formula is C23H32IN5O. The molecule has 6 nitrogen and oxygen atoms in total. The Kier molecular flexibility index (Phi) is 9.93. The van der Waals surface area contributed by atoms with Crippen LogP contribution in [0.15, 0.2) is 59.6 Å². The number of rotatable bonds is 8. The first-order valence-electron chi connectivity index (χ1n) is 10.3. The van der Waals surface area contributed by atoms with E-state index in [4.69, 9.17) is 4.99 Å². The third kappa shape index (κ3) is 6.90. The van der Waals surface area contributed by atoms with Gasteiger partial charge in [-0.1, -0.05) is 36.4 Å². The summed E-state index contributed by atoms with van der Waals surface area (Å²) in [7, 11) is 2.11. The first-order valence-corrected chi connectivity index (χ1v) is 10.3. The monoisotopic (exact) mass is 521 g/mol. The normalized spacial score (nSPS) is 15.5. The van der Waals surface area contributed by atoms with Gasteiger partial charge in [0, 0.05) is 50.4 Å². The van der Waals surface area contributed by atoms with Gasteiger partial charge in [0.25, 0.3) is 0 Å². The number of fused-ring (bicyclic) bond motifs is 1. The Morgan fingerprint density at radius 1 is 1.13 bits per heavy atom. The van der Waals surface area contributed by atoms with Crippen LogP contribution in [0, 0.1) is 0 Å². The van der Waals surface area contributed by atoms with Crippen LogP contribution >= 0.6 is 24.0 Å². The smallest absolute Gasteiger partial charge is 0.225 e. The van der Waals surface area contributed by atoms with E-state index in [1.807, 2.05) is 24.3 Å². The number of halogens is 1. The highest BCUT2D eigenvalue weighted by atomic mass is 127. The quantitative estimate of drug-likeness (QED) is 0.214. The molecule has 1 heterocycles. The number of benzene rings is 2. The summed E-state index contributed by atoms with van der Waals surface area (Å²) in [5.74, 6) is 0.976. The van der Waals surface area contributed by atoms with Crippen molar-refractivity contribution in [1.82, 2.24) is 10.6 Å². The van der Waals surface area contributed by atoms with Crippen LogP contribution < -0.4 is 20.9 Å². The van der Waals surface area contributed by atoms with Crippen LogP contribution in [-0.4, -0.2) is 45.1 Å². The predicted octanol–water partition coefficient (Wildman–Crippen LogP) is 3.81. The Morgan fingerprint density at radius 2 is 1.87 bits per heavy atom. The molecule has 0 saturated carbocycles. The molecule has 0 spiro atoms. The van der Waals surface area contributed by atoms with Crippen molar-refractivity contribution in [2.45, 2.75) is 25.7 Å². The number of guanidine groups is 1. The molecular weight excluding hydrogens is 489 g/mol. The van der Waals surface area contributed by atoms with Crippen molar-refractivity contribution in [3.05, 3.63) is 60.2 Å². The number of aliphatic imine (C=N–C) groups is 1. The minimum absolute atomic E-state index is 0. The van der Waals surface area contributed by atoms with E-state index in [9.17, 15) is 4.79 Å². The second-order valence-corrected chi connectivity index (χ2v) is 7.29. The molecule has 1 aliphatic rings.